The molecule has 5 nitrogen and oxygen atoms in total. The Labute approximate surface area is 121 Å². The molecule has 0 radical (unpaired) electrons. The number of aromatic carboxylic acids is 1. The van der Waals surface area contributed by atoms with Gasteiger partial charge in [0.05, 0.1) is 12.6 Å². The average molecular weight is 287 g/mol. The second-order valence-corrected chi connectivity index (χ2v) is 5.39. The van der Waals surface area contributed by atoms with Gasteiger partial charge in [0.25, 0.3) is 0 Å². The van der Waals surface area contributed by atoms with Crippen molar-refractivity contribution in [3.8, 4) is 5.75 Å². The molecule has 1 fully saturated rings. The van der Waals surface area contributed by atoms with Gasteiger partial charge in [-0.3, -0.25) is 4.79 Å². The molecule has 1 N–H and O–H groups in total. The highest BCUT2D eigenvalue weighted by Crippen LogP contribution is 2.33. The maximum Gasteiger partial charge on any atom is 0.352 e. The lowest BCUT2D eigenvalue weighted by Gasteiger charge is -2.21. The molecular formula is C16H17NO4. The first-order valence-corrected chi connectivity index (χ1v) is 7.08. The number of ether oxygens (including phenoxy) is 1. The summed E-state index contributed by atoms with van der Waals surface area (Å²) >= 11 is 0. The monoisotopic (exact) mass is 287 g/mol. The van der Waals surface area contributed by atoms with E-state index in [1.54, 1.807) is 29.9 Å². The zero-order chi connectivity index (χ0) is 15.0. The predicted molar refractivity (Wildman–Crippen MR) is 79.2 cm³/mol. The summed E-state index contributed by atoms with van der Waals surface area (Å²) in [4.78, 5) is 23.7. The van der Waals surface area contributed by atoms with Gasteiger partial charge in [0.15, 0.2) is 5.43 Å². The summed E-state index contributed by atoms with van der Waals surface area (Å²) < 4.78 is 7.02. The SMILES string of the molecule is COc1ccc2c(=O)cc(C(=O)O)n(C3CCCC3)c2c1. The van der Waals surface area contributed by atoms with Crippen LogP contribution in [0.3, 0.4) is 0 Å². The largest absolute Gasteiger partial charge is 0.497 e. The van der Waals surface area contributed by atoms with Gasteiger partial charge in [0.2, 0.25) is 0 Å². The quantitative estimate of drug-likeness (QED) is 0.942. The topological polar surface area (TPSA) is 68.5 Å². The molecule has 1 aromatic carbocycles. The van der Waals surface area contributed by atoms with E-state index in [2.05, 4.69) is 0 Å². The van der Waals surface area contributed by atoms with E-state index in [0.717, 1.165) is 25.7 Å². The molecule has 0 saturated heterocycles. The van der Waals surface area contributed by atoms with E-state index in [1.165, 1.54) is 6.07 Å². The van der Waals surface area contributed by atoms with Crippen LogP contribution in [0.2, 0.25) is 0 Å². The lowest BCUT2D eigenvalue weighted by atomic mass is 10.1. The second-order valence-electron chi connectivity index (χ2n) is 5.39. The summed E-state index contributed by atoms with van der Waals surface area (Å²) in [6.45, 7) is 0. The van der Waals surface area contributed by atoms with Gasteiger partial charge in [-0.1, -0.05) is 12.8 Å². The highest BCUT2D eigenvalue weighted by molar-refractivity contribution is 5.91. The number of hydrogen-bond donors (Lipinski definition) is 1. The van der Waals surface area contributed by atoms with Gasteiger partial charge >= 0.3 is 5.97 Å². The molecule has 1 heterocycles. The molecule has 5 heteroatoms. The van der Waals surface area contributed by atoms with Crippen LogP contribution in [-0.2, 0) is 0 Å². The standard InChI is InChI=1S/C16H17NO4/c1-21-11-6-7-12-13(8-11)17(10-4-2-3-5-10)14(16(19)20)9-15(12)18/h6-10H,2-5H2,1H3,(H,19,20). The number of fused-ring (bicyclic) bond motifs is 1. The summed E-state index contributed by atoms with van der Waals surface area (Å²) in [5, 5.41) is 9.98. The molecule has 0 amide bonds. The van der Waals surface area contributed by atoms with Crippen LogP contribution in [0.5, 0.6) is 5.75 Å². The molecule has 0 atom stereocenters. The number of carboxylic acid groups (broad SMARTS) is 1. The fourth-order valence-electron chi connectivity index (χ4n) is 3.17. The smallest absolute Gasteiger partial charge is 0.352 e. The first-order chi connectivity index (χ1) is 10.1. The predicted octanol–water partition coefficient (Wildman–Crippen LogP) is 2.82. The van der Waals surface area contributed by atoms with Gasteiger partial charge in [-0.05, 0) is 25.0 Å². The lowest BCUT2D eigenvalue weighted by molar-refractivity contribution is 0.0682. The van der Waals surface area contributed by atoms with E-state index in [0.29, 0.717) is 16.7 Å². The minimum atomic E-state index is -1.07. The first-order valence-electron chi connectivity index (χ1n) is 7.08. The summed E-state index contributed by atoms with van der Waals surface area (Å²) in [6, 6.07) is 6.54. The maximum atomic E-state index is 12.2. The molecule has 1 aliphatic rings. The zero-order valence-electron chi connectivity index (χ0n) is 11.8. The molecule has 3 rings (SSSR count). The van der Waals surface area contributed by atoms with Crippen LogP contribution in [0.4, 0.5) is 0 Å². The maximum absolute atomic E-state index is 12.2. The molecule has 110 valence electrons. The Kier molecular flexibility index (Phi) is 3.41. The van der Waals surface area contributed by atoms with Crippen molar-refractivity contribution in [2.75, 3.05) is 7.11 Å². The molecule has 0 spiro atoms. The van der Waals surface area contributed by atoms with Crippen molar-refractivity contribution in [1.29, 1.82) is 0 Å². The molecule has 1 aliphatic carbocycles. The minimum Gasteiger partial charge on any atom is -0.497 e. The number of nitrogens with zero attached hydrogens (tertiary/aromatic N) is 1. The molecule has 21 heavy (non-hydrogen) atoms. The van der Waals surface area contributed by atoms with Gasteiger partial charge in [-0.25, -0.2) is 4.79 Å². The van der Waals surface area contributed by atoms with Crippen LogP contribution in [-0.4, -0.2) is 22.8 Å². The number of carbonyl (C=O) groups is 1. The highest BCUT2D eigenvalue weighted by atomic mass is 16.5. The van der Waals surface area contributed by atoms with E-state index < -0.39 is 5.97 Å². The molecule has 0 aliphatic heterocycles. The number of methoxy groups -OCH3 is 1. The number of rotatable bonds is 3. The van der Waals surface area contributed by atoms with Crippen molar-refractivity contribution in [3.63, 3.8) is 0 Å². The first kappa shape index (κ1) is 13.7. The third kappa shape index (κ3) is 2.28. The Morgan fingerprint density at radius 2 is 2.00 bits per heavy atom. The van der Waals surface area contributed by atoms with Crippen molar-refractivity contribution < 1.29 is 14.6 Å². The summed E-state index contributed by atoms with van der Waals surface area (Å²) in [6.07, 6.45) is 4.05. The van der Waals surface area contributed by atoms with Crippen molar-refractivity contribution in [2.24, 2.45) is 0 Å². The van der Waals surface area contributed by atoms with Crippen LogP contribution in [0.15, 0.2) is 29.1 Å². The highest BCUT2D eigenvalue weighted by Gasteiger charge is 2.24. The van der Waals surface area contributed by atoms with Gasteiger partial charge in [-0.15, -0.1) is 0 Å². The number of benzene rings is 1. The van der Waals surface area contributed by atoms with E-state index in [1.807, 2.05) is 0 Å². The number of pyridine rings is 1. The fraction of sp³-hybridized carbons (Fsp3) is 0.375. The Morgan fingerprint density at radius 3 is 2.62 bits per heavy atom. The normalized spacial score (nSPS) is 15.5. The van der Waals surface area contributed by atoms with Crippen LogP contribution < -0.4 is 10.2 Å². The summed E-state index contributed by atoms with van der Waals surface area (Å²) in [5.74, 6) is -0.445. The molecule has 1 saturated carbocycles. The summed E-state index contributed by atoms with van der Waals surface area (Å²) in [7, 11) is 1.56. The van der Waals surface area contributed by atoms with Crippen LogP contribution in [0.1, 0.15) is 42.2 Å². The zero-order valence-corrected chi connectivity index (χ0v) is 11.8. The van der Waals surface area contributed by atoms with Gasteiger partial charge in [0, 0.05) is 23.6 Å². The number of aromatic nitrogens is 1. The Bertz CT molecular complexity index is 757. The second kappa shape index (κ2) is 5.24. The van der Waals surface area contributed by atoms with Gasteiger partial charge < -0.3 is 14.4 Å². The van der Waals surface area contributed by atoms with Crippen LogP contribution in [0.25, 0.3) is 10.9 Å². The van der Waals surface area contributed by atoms with Crippen molar-refractivity contribution in [2.45, 2.75) is 31.7 Å². The Balaban J connectivity index is 2.37. The van der Waals surface area contributed by atoms with Crippen LogP contribution in [0, 0.1) is 0 Å². The molecule has 0 bridgehead atoms. The lowest BCUT2D eigenvalue weighted by Crippen LogP contribution is -2.20. The van der Waals surface area contributed by atoms with Crippen molar-refractivity contribution >= 4 is 16.9 Å². The number of carboxylic acids is 1. The average Bonchev–Trinajstić information content (AvgIpc) is 3.00. The van der Waals surface area contributed by atoms with Gasteiger partial charge in [-0.2, -0.15) is 0 Å². The van der Waals surface area contributed by atoms with Crippen LogP contribution >= 0.6 is 0 Å². The fourth-order valence-corrected chi connectivity index (χ4v) is 3.17. The molecule has 1 aromatic heterocycles. The van der Waals surface area contributed by atoms with Crippen molar-refractivity contribution in [1.82, 2.24) is 4.57 Å². The Morgan fingerprint density at radius 1 is 1.29 bits per heavy atom. The summed E-state index contributed by atoms with van der Waals surface area (Å²) in [5.41, 5.74) is 0.443. The Hall–Kier alpha value is -2.30. The molecule has 0 unspecified atom stereocenters. The third-order valence-corrected chi connectivity index (χ3v) is 4.17. The van der Waals surface area contributed by atoms with E-state index in [-0.39, 0.29) is 17.2 Å². The van der Waals surface area contributed by atoms with E-state index in [4.69, 9.17) is 4.74 Å². The molecular weight excluding hydrogens is 270 g/mol. The van der Waals surface area contributed by atoms with Gasteiger partial charge in [0.1, 0.15) is 11.4 Å². The van der Waals surface area contributed by atoms with E-state index >= 15 is 0 Å². The van der Waals surface area contributed by atoms with Crippen molar-refractivity contribution in [3.05, 3.63) is 40.2 Å². The molecule has 2 aromatic rings. The third-order valence-electron chi connectivity index (χ3n) is 4.17. The number of hydrogen-bond acceptors (Lipinski definition) is 3. The van der Waals surface area contributed by atoms with E-state index in [9.17, 15) is 14.7 Å². The minimum absolute atomic E-state index is 0.0626.